The zero-order chi connectivity index (χ0) is 50.5. The molecule has 408 valence electrons. The number of carbonyl (C=O) groups excluding carboxylic acids is 2. The number of ether oxygens (including phenoxy) is 3. The smallest absolute Gasteiger partial charge is 0.223 e. The van der Waals surface area contributed by atoms with Crippen LogP contribution in [0.1, 0.15) is 259 Å². The van der Waals surface area contributed by atoms with E-state index in [1.807, 2.05) is 0 Å². The van der Waals surface area contributed by atoms with Gasteiger partial charge in [-0.15, -0.1) is 0 Å². The van der Waals surface area contributed by atoms with Gasteiger partial charge in [0.15, 0.2) is 12.6 Å². The fraction of sp³-hybridized carbons (Fsp3) is 0.964. The van der Waals surface area contributed by atoms with Crippen molar-refractivity contribution < 1.29 is 54.4 Å². The maximum absolute atomic E-state index is 13.7. The van der Waals surface area contributed by atoms with Gasteiger partial charge in [-0.3, -0.25) is 9.59 Å². The predicted molar refractivity (Wildman–Crippen MR) is 276 cm³/mol. The highest BCUT2D eigenvalue weighted by Gasteiger charge is 2.50. The highest BCUT2D eigenvalue weighted by molar-refractivity contribution is 5.79. The zero-order valence-electron chi connectivity index (χ0n) is 44.5. The lowest BCUT2D eigenvalue weighted by Gasteiger charge is -2.45. The Bertz CT molecular complexity index is 1100. The van der Waals surface area contributed by atoms with Gasteiger partial charge in [0, 0.05) is 24.9 Å². The summed E-state index contributed by atoms with van der Waals surface area (Å²) < 4.78 is 17.8. The molecular weight excluding hydrogens is 877 g/mol. The van der Waals surface area contributed by atoms with Crippen LogP contribution in [0.25, 0.3) is 0 Å². The van der Waals surface area contributed by atoms with E-state index < -0.39 is 61.4 Å². The lowest BCUT2D eigenvalue weighted by molar-refractivity contribution is -0.372. The van der Waals surface area contributed by atoms with Crippen molar-refractivity contribution in [1.82, 2.24) is 10.6 Å². The second-order valence-electron chi connectivity index (χ2n) is 21.1. The number of carbonyl (C=O) groups is 2. The number of hydrogen-bond donors (Lipinski definition) is 8. The third-order valence-electron chi connectivity index (χ3n) is 14.9. The molecule has 0 radical (unpaired) electrons. The molecule has 4 unspecified atom stereocenters. The van der Waals surface area contributed by atoms with Crippen LogP contribution >= 0.6 is 0 Å². The Hall–Kier alpha value is -1.42. The molecule has 13 nitrogen and oxygen atoms in total. The first kappa shape index (κ1) is 63.7. The van der Waals surface area contributed by atoms with E-state index >= 15 is 0 Å². The Morgan fingerprint density at radius 2 is 0.594 bits per heavy atom. The second-order valence-corrected chi connectivity index (χ2v) is 21.1. The van der Waals surface area contributed by atoms with E-state index in [1.54, 1.807) is 0 Å². The number of unbranched alkanes of at least 4 members (excludes halogenated alkanes) is 28. The molecule has 0 aliphatic carbocycles. The van der Waals surface area contributed by atoms with Crippen molar-refractivity contribution in [2.45, 2.75) is 320 Å². The normalized spacial score (nSPS) is 25.2. The molecule has 13 heteroatoms. The Morgan fingerprint density at radius 3 is 0.841 bits per heavy atom. The van der Waals surface area contributed by atoms with Crippen LogP contribution in [0.3, 0.4) is 0 Å². The number of aliphatic hydroxyl groups is 6. The van der Waals surface area contributed by atoms with Gasteiger partial charge in [0.1, 0.15) is 48.8 Å². The molecule has 10 atom stereocenters. The van der Waals surface area contributed by atoms with E-state index in [2.05, 4.69) is 38.3 Å². The number of aliphatic hydroxyl groups excluding tert-OH is 6. The summed E-state index contributed by atoms with van der Waals surface area (Å²) in [4.78, 5) is 27.4. The maximum Gasteiger partial charge on any atom is 0.223 e. The third-order valence-corrected chi connectivity index (χ3v) is 14.9. The van der Waals surface area contributed by atoms with Crippen molar-refractivity contribution in [2.75, 3.05) is 13.1 Å². The van der Waals surface area contributed by atoms with Gasteiger partial charge in [-0.05, 0) is 25.7 Å². The highest BCUT2D eigenvalue weighted by atomic mass is 16.8. The van der Waals surface area contributed by atoms with Crippen molar-refractivity contribution in [3.05, 3.63) is 0 Å². The molecule has 0 spiro atoms. The van der Waals surface area contributed by atoms with Gasteiger partial charge in [0.25, 0.3) is 0 Å². The van der Waals surface area contributed by atoms with Gasteiger partial charge >= 0.3 is 0 Å². The molecule has 2 amide bonds. The molecule has 2 aliphatic heterocycles. The van der Waals surface area contributed by atoms with Crippen molar-refractivity contribution >= 4 is 11.8 Å². The molecule has 2 saturated heterocycles. The molecule has 0 bridgehead atoms. The standard InChI is InChI=1S/C56H108N2O11/c1-5-9-13-17-21-25-29-33-37-43(38-34-30-26-22-18-14-10-6-2)53(65)57-41-45-47(59)49(61)51(63)55(67-45)69-56-52(64)50(62)48(60)46(68-56)42-58-54(66)44(39-35-31-27-23-19-15-11-7-3)40-36-32-28-24-20-16-12-8-4/h43-52,55-56,59-64H,5-42H2,1-4H3,(H,57,65)(H,58,66)/t45?,46?,47-,48-,49-,50-,51?,52?,55-,56-/m0/s1. The summed E-state index contributed by atoms with van der Waals surface area (Å²) in [5, 5.41) is 71.7. The van der Waals surface area contributed by atoms with E-state index in [1.165, 1.54) is 128 Å². The Kier molecular flexibility index (Phi) is 37.8. The molecule has 8 N–H and O–H groups in total. The summed E-state index contributed by atoms with van der Waals surface area (Å²) in [6.45, 7) is 8.57. The van der Waals surface area contributed by atoms with Gasteiger partial charge in [0.2, 0.25) is 11.8 Å². The van der Waals surface area contributed by atoms with Crippen molar-refractivity contribution in [1.29, 1.82) is 0 Å². The summed E-state index contributed by atoms with van der Waals surface area (Å²) in [5.41, 5.74) is 0. The average molecular weight is 985 g/mol. The van der Waals surface area contributed by atoms with E-state index in [-0.39, 0.29) is 36.7 Å². The lowest BCUT2D eigenvalue weighted by Crippen LogP contribution is -2.65. The Morgan fingerprint density at radius 1 is 0.362 bits per heavy atom. The van der Waals surface area contributed by atoms with E-state index in [0.717, 1.165) is 103 Å². The molecular formula is C56H108N2O11. The number of amides is 2. The zero-order valence-corrected chi connectivity index (χ0v) is 44.5. The topological polar surface area (TPSA) is 207 Å². The largest absolute Gasteiger partial charge is 0.388 e. The van der Waals surface area contributed by atoms with Gasteiger partial charge in [-0.25, -0.2) is 0 Å². The Balaban J connectivity index is 2.01. The van der Waals surface area contributed by atoms with Crippen LogP contribution in [0.2, 0.25) is 0 Å². The fourth-order valence-electron chi connectivity index (χ4n) is 10.1. The first-order valence-electron chi connectivity index (χ1n) is 29.1. The number of nitrogens with one attached hydrogen (secondary N) is 2. The van der Waals surface area contributed by atoms with Crippen LogP contribution in [0.4, 0.5) is 0 Å². The SMILES string of the molecule is CCCCCCCCCCC(CCCCCCCCCC)C(=O)NCC1O[C@@H](O[C@@H]2OC(CNC(=O)C(CCCCCCCCCC)CCCCCCCCCC)[C@H](O)[C@H](O)C2O)C(O)[C@@H](O)[C@H]1O. The number of rotatable bonds is 44. The quantitative estimate of drug-likeness (QED) is 0.0270. The minimum atomic E-state index is -1.77. The van der Waals surface area contributed by atoms with Crippen LogP contribution in [-0.2, 0) is 23.8 Å². The van der Waals surface area contributed by atoms with Crippen molar-refractivity contribution in [2.24, 2.45) is 11.8 Å². The van der Waals surface area contributed by atoms with Gasteiger partial charge < -0.3 is 55.5 Å². The van der Waals surface area contributed by atoms with Crippen LogP contribution in [0, 0.1) is 11.8 Å². The van der Waals surface area contributed by atoms with Crippen LogP contribution in [0.5, 0.6) is 0 Å². The van der Waals surface area contributed by atoms with E-state index in [9.17, 15) is 40.2 Å². The Labute approximate surface area is 420 Å². The first-order chi connectivity index (χ1) is 33.5. The highest BCUT2D eigenvalue weighted by Crippen LogP contribution is 2.29. The molecule has 69 heavy (non-hydrogen) atoms. The van der Waals surface area contributed by atoms with Gasteiger partial charge in [-0.1, -0.05) is 233 Å². The molecule has 2 fully saturated rings. The molecule has 2 heterocycles. The second kappa shape index (κ2) is 41.0. The van der Waals surface area contributed by atoms with E-state index in [0.29, 0.717) is 0 Å². The van der Waals surface area contributed by atoms with Crippen molar-refractivity contribution in [3.63, 3.8) is 0 Å². The summed E-state index contributed by atoms with van der Waals surface area (Å²) in [6, 6.07) is 0. The summed E-state index contributed by atoms with van der Waals surface area (Å²) in [7, 11) is 0. The van der Waals surface area contributed by atoms with Crippen LogP contribution in [0.15, 0.2) is 0 Å². The third kappa shape index (κ3) is 27.4. The summed E-state index contributed by atoms with van der Waals surface area (Å²) >= 11 is 0. The average Bonchev–Trinajstić information content (AvgIpc) is 3.35. The monoisotopic (exact) mass is 985 g/mol. The minimum Gasteiger partial charge on any atom is -0.388 e. The molecule has 0 aromatic rings. The predicted octanol–water partition coefficient (Wildman–Crippen LogP) is 10.2. The minimum absolute atomic E-state index is 0.138. The fourth-order valence-corrected chi connectivity index (χ4v) is 10.1. The molecule has 0 aromatic heterocycles. The maximum atomic E-state index is 13.7. The summed E-state index contributed by atoms with van der Waals surface area (Å²) in [5.74, 6) is -0.675. The molecule has 0 saturated carbocycles. The van der Waals surface area contributed by atoms with Crippen LogP contribution < -0.4 is 10.6 Å². The molecule has 0 aromatic carbocycles. The van der Waals surface area contributed by atoms with Gasteiger partial charge in [-0.2, -0.15) is 0 Å². The van der Waals surface area contributed by atoms with Crippen LogP contribution in [-0.4, -0.2) is 117 Å². The van der Waals surface area contributed by atoms with Gasteiger partial charge in [0.05, 0.1) is 0 Å². The molecule has 2 rings (SSSR count). The molecule has 2 aliphatic rings. The lowest BCUT2D eigenvalue weighted by atomic mass is 9.92. The first-order valence-corrected chi connectivity index (χ1v) is 29.1. The van der Waals surface area contributed by atoms with Crippen molar-refractivity contribution in [3.8, 4) is 0 Å². The van der Waals surface area contributed by atoms with E-state index in [4.69, 9.17) is 14.2 Å². The summed E-state index contributed by atoms with van der Waals surface area (Å²) in [6.07, 6.45) is 25.0. The number of hydrogen-bond acceptors (Lipinski definition) is 11.